The van der Waals surface area contributed by atoms with E-state index in [9.17, 15) is 9.18 Å². The zero-order valence-electron chi connectivity index (χ0n) is 13.8. The van der Waals surface area contributed by atoms with Crippen LogP contribution in [0.4, 0.5) is 4.39 Å². The standard InChI is InChI=1S/C19H22FN3O/c1-23-12-2-10-21-17(7-8-19(23)24)18-13-15(9-11-22-18)14-3-5-16(20)6-4-14/h3-6,9,11,13,17,21H,2,7-8,10,12H2,1H3. The number of hydrogen-bond acceptors (Lipinski definition) is 3. The molecule has 1 aromatic carbocycles. The van der Waals surface area contributed by atoms with Gasteiger partial charge in [0.1, 0.15) is 5.82 Å². The van der Waals surface area contributed by atoms with Gasteiger partial charge in [-0.05, 0) is 54.8 Å². The molecule has 1 atom stereocenters. The van der Waals surface area contributed by atoms with Gasteiger partial charge in [-0.15, -0.1) is 0 Å². The molecule has 1 N–H and O–H groups in total. The number of nitrogens with one attached hydrogen (secondary N) is 1. The van der Waals surface area contributed by atoms with Crippen LogP contribution in [0.2, 0.25) is 0 Å². The number of nitrogens with zero attached hydrogens (tertiary/aromatic N) is 2. The van der Waals surface area contributed by atoms with Crippen molar-refractivity contribution in [2.75, 3.05) is 20.1 Å². The maximum absolute atomic E-state index is 13.1. The van der Waals surface area contributed by atoms with Gasteiger partial charge in [0.2, 0.25) is 5.91 Å². The van der Waals surface area contributed by atoms with E-state index in [4.69, 9.17) is 0 Å². The number of rotatable bonds is 2. The maximum atomic E-state index is 13.1. The predicted octanol–water partition coefficient (Wildman–Crippen LogP) is 3.16. The molecule has 1 aromatic heterocycles. The molecule has 0 bridgehead atoms. The van der Waals surface area contributed by atoms with Crippen LogP contribution in [-0.2, 0) is 4.79 Å². The molecule has 24 heavy (non-hydrogen) atoms. The summed E-state index contributed by atoms with van der Waals surface area (Å²) in [6.07, 6.45) is 3.94. The second kappa shape index (κ2) is 7.53. The van der Waals surface area contributed by atoms with Crippen molar-refractivity contribution >= 4 is 5.91 Å². The topological polar surface area (TPSA) is 45.2 Å². The number of halogens is 1. The van der Waals surface area contributed by atoms with E-state index >= 15 is 0 Å². The number of carbonyl (C=O) groups excluding carboxylic acids is 1. The molecule has 1 amide bonds. The lowest BCUT2D eigenvalue weighted by atomic mass is 10.0. The maximum Gasteiger partial charge on any atom is 0.222 e. The molecule has 2 aromatic rings. The first kappa shape index (κ1) is 16.6. The lowest BCUT2D eigenvalue weighted by Gasteiger charge is -2.17. The Morgan fingerprint density at radius 1 is 1.21 bits per heavy atom. The average Bonchev–Trinajstić information content (AvgIpc) is 2.68. The van der Waals surface area contributed by atoms with Gasteiger partial charge in [0.15, 0.2) is 0 Å². The fourth-order valence-corrected chi connectivity index (χ4v) is 2.99. The summed E-state index contributed by atoms with van der Waals surface area (Å²) in [7, 11) is 1.86. The van der Waals surface area contributed by atoms with E-state index in [0.717, 1.165) is 42.8 Å². The lowest BCUT2D eigenvalue weighted by Crippen LogP contribution is -2.27. The first-order valence-corrected chi connectivity index (χ1v) is 8.33. The third-order valence-electron chi connectivity index (χ3n) is 4.45. The summed E-state index contributed by atoms with van der Waals surface area (Å²) >= 11 is 0. The zero-order valence-corrected chi connectivity index (χ0v) is 13.8. The van der Waals surface area contributed by atoms with Crippen molar-refractivity contribution in [3.05, 3.63) is 54.1 Å². The molecule has 1 saturated heterocycles. The molecule has 2 heterocycles. The smallest absolute Gasteiger partial charge is 0.222 e. The monoisotopic (exact) mass is 327 g/mol. The van der Waals surface area contributed by atoms with Crippen LogP contribution in [0.15, 0.2) is 42.6 Å². The lowest BCUT2D eigenvalue weighted by molar-refractivity contribution is -0.130. The summed E-state index contributed by atoms with van der Waals surface area (Å²) in [6.45, 7) is 1.63. The minimum atomic E-state index is -0.242. The highest BCUT2D eigenvalue weighted by molar-refractivity contribution is 5.75. The quantitative estimate of drug-likeness (QED) is 0.921. The van der Waals surface area contributed by atoms with E-state index in [1.54, 1.807) is 23.2 Å². The van der Waals surface area contributed by atoms with Gasteiger partial charge >= 0.3 is 0 Å². The molecule has 0 aliphatic carbocycles. The van der Waals surface area contributed by atoms with Crippen molar-refractivity contribution < 1.29 is 9.18 Å². The van der Waals surface area contributed by atoms with E-state index in [1.807, 2.05) is 19.2 Å². The molecule has 3 rings (SSSR count). The van der Waals surface area contributed by atoms with E-state index in [0.29, 0.717) is 6.42 Å². The first-order valence-electron chi connectivity index (χ1n) is 8.33. The van der Waals surface area contributed by atoms with Gasteiger partial charge < -0.3 is 10.2 Å². The molecule has 5 heteroatoms. The molecule has 4 nitrogen and oxygen atoms in total. The Morgan fingerprint density at radius 2 is 2.00 bits per heavy atom. The highest BCUT2D eigenvalue weighted by Crippen LogP contribution is 2.24. The molecule has 0 spiro atoms. The Balaban J connectivity index is 1.81. The highest BCUT2D eigenvalue weighted by atomic mass is 19.1. The first-order chi connectivity index (χ1) is 11.6. The van der Waals surface area contributed by atoms with Crippen LogP contribution in [0.5, 0.6) is 0 Å². The van der Waals surface area contributed by atoms with Gasteiger partial charge in [0.05, 0.1) is 5.69 Å². The van der Waals surface area contributed by atoms with E-state index < -0.39 is 0 Å². The van der Waals surface area contributed by atoms with Gasteiger partial charge in [0, 0.05) is 32.3 Å². The highest BCUT2D eigenvalue weighted by Gasteiger charge is 2.19. The summed E-state index contributed by atoms with van der Waals surface area (Å²) < 4.78 is 13.1. The predicted molar refractivity (Wildman–Crippen MR) is 91.9 cm³/mol. The molecule has 1 unspecified atom stereocenters. The Labute approximate surface area is 141 Å². The molecule has 126 valence electrons. The van der Waals surface area contributed by atoms with Crippen LogP contribution in [0.1, 0.15) is 31.0 Å². The number of carbonyl (C=O) groups is 1. The van der Waals surface area contributed by atoms with Crippen LogP contribution in [0, 0.1) is 5.82 Å². The van der Waals surface area contributed by atoms with Crippen LogP contribution in [0.25, 0.3) is 11.1 Å². The number of pyridine rings is 1. The Kier molecular flexibility index (Phi) is 5.20. The van der Waals surface area contributed by atoms with Gasteiger partial charge in [-0.3, -0.25) is 9.78 Å². The van der Waals surface area contributed by atoms with Crippen LogP contribution in [0.3, 0.4) is 0 Å². The van der Waals surface area contributed by atoms with Gasteiger partial charge in [-0.2, -0.15) is 0 Å². The molecule has 0 saturated carbocycles. The van der Waals surface area contributed by atoms with Crippen LogP contribution < -0.4 is 5.32 Å². The number of benzene rings is 1. The summed E-state index contributed by atoms with van der Waals surface area (Å²) in [6, 6.07) is 10.5. The van der Waals surface area contributed by atoms with E-state index in [-0.39, 0.29) is 17.8 Å². The second-order valence-electron chi connectivity index (χ2n) is 6.19. The molecule has 1 aliphatic rings. The normalized spacial score (nSPS) is 19.5. The van der Waals surface area contributed by atoms with Crippen molar-refractivity contribution in [2.45, 2.75) is 25.3 Å². The average molecular weight is 327 g/mol. The molecule has 1 aliphatic heterocycles. The van der Waals surface area contributed by atoms with Gasteiger partial charge in [-0.25, -0.2) is 4.39 Å². The Hall–Kier alpha value is -2.27. The van der Waals surface area contributed by atoms with Crippen molar-refractivity contribution in [3.63, 3.8) is 0 Å². The minimum Gasteiger partial charge on any atom is -0.346 e. The van der Waals surface area contributed by atoms with Crippen molar-refractivity contribution in [1.82, 2.24) is 15.2 Å². The van der Waals surface area contributed by atoms with E-state index in [2.05, 4.69) is 10.3 Å². The number of hydrogen-bond donors (Lipinski definition) is 1. The SMILES string of the molecule is CN1CCCNC(c2cc(-c3ccc(F)cc3)ccn2)CCC1=O. The summed E-state index contributed by atoms with van der Waals surface area (Å²) in [5.41, 5.74) is 2.89. The van der Waals surface area contributed by atoms with Crippen molar-refractivity contribution in [3.8, 4) is 11.1 Å². The summed E-state index contributed by atoms with van der Waals surface area (Å²) in [4.78, 5) is 18.3. The van der Waals surface area contributed by atoms with Crippen molar-refractivity contribution in [1.29, 1.82) is 0 Å². The number of aromatic nitrogens is 1. The van der Waals surface area contributed by atoms with Gasteiger partial charge in [0.25, 0.3) is 0 Å². The molecule has 0 radical (unpaired) electrons. The third kappa shape index (κ3) is 3.97. The zero-order chi connectivity index (χ0) is 16.9. The van der Waals surface area contributed by atoms with E-state index in [1.165, 1.54) is 12.1 Å². The molecule has 1 fully saturated rings. The van der Waals surface area contributed by atoms with Crippen LogP contribution >= 0.6 is 0 Å². The molecular formula is C19H22FN3O. The molecular weight excluding hydrogens is 305 g/mol. The third-order valence-corrected chi connectivity index (χ3v) is 4.45. The second-order valence-corrected chi connectivity index (χ2v) is 6.19. The minimum absolute atomic E-state index is 0.0563. The number of amides is 1. The fourth-order valence-electron chi connectivity index (χ4n) is 2.99. The Bertz CT molecular complexity index is 702. The van der Waals surface area contributed by atoms with Gasteiger partial charge in [-0.1, -0.05) is 12.1 Å². The Morgan fingerprint density at radius 3 is 2.79 bits per heavy atom. The fraction of sp³-hybridized carbons (Fsp3) is 0.368. The van der Waals surface area contributed by atoms with Crippen molar-refractivity contribution in [2.24, 2.45) is 0 Å². The summed E-state index contributed by atoms with van der Waals surface area (Å²) in [5, 5.41) is 3.51. The largest absolute Gasteiger partial charge is 0.346 e. The van der Waals surface area contributed by atoms with Crippen LogP contribution in [-0.4, -0.2) is 35.9 Å². The summed E-state index contributed by atoms with van der Waals surface area (Å²) in [5.74, 6) is -0.0630.